The molecule has 1 heterocycles. The number of hydrogen-bond donors (Lipinski definition) is 0. The van der Waals surface area contributed by atoms with E-state index in [4.69, 9.17) is 4.74 Å². The van der Waals surface area contributed by atoms with Crippen molar-refractivity contribution in [3.8, 4) is 5.75 Å². The summed E-state index contributed by atoms with van der Waals surface area (Å²) in [5, 5.41) is 0. The molecule has 0 N–H and O–H groups in total. The van der Waals surface area contributed by atoms with E-state index in [1.165, 1.54) is 11.1 Å². The third-order valence-electron chi connectivity index (χ3n) is 3.73. The lowest BCUT2D eigenvalue weighted by atomic mass is 10.0. The first-order valence-electron chi connectivity index (χ1n) is 6.71. The molecule has 1 aliphatic carbocycles. The van der Waals surface area contributed by atoms with Crippen molar-refractivity contribution >= 4 is 21.7 Å². The van der Waals surface area contributed by atoms with E-state index in [0.29, 0.717) is 11.7 Å². The molecule has 0 aromatic heterocycles. The highest BCUT2D eigenvalue weighted by Gasteiger charge is 2.28. The van der Waals surface area contributed by atoms with Crippen molar-refractivity contribution in [2.75, 3.05) is 6.61 Å². The Hall–Kier alpha value is -0.830. The summed E-state index contributed by atoms with van der Waals surface area (Å²) >= 11 is 3.55. The van der Waals surface area contributed by atoms with Crippen LogP contribution in [0.3, 0.4) is 0 Å². The molecule has 1 aliphatic heterocycles. The number of carbonyl (C=O) groups is 1. The molecule has 3 rings (SSSR count). The van der Waals surface area contributed by atoms with Crippen LogP contribution in [-0.4, -0.2) is 12.4 Å². The number of rotatable bonds is 5. The number of carbonyl (C=O) groups excluding carboxylic acids is 1. The molecule has 0 bridgehead atoms. The summed E-state index contributed by atoms with van der Waals surface area (Å²) in [5.41, 5.74) is 2.55. The largest absolute Gasteiger partial charge is 0.493 e. The van der Waals surface area contributed by atoms with Crippen molar-refractivity contribution in [1.29, 1.82) is 0 Å². The predicted molar refractivity (Wildman–Crippen MR) is 74.0 cm³/mol. The van der Waals surface area contributed by atoms with Crippen LogP contribution < -0.4 is 4.74 Å². The summed E-state index contributed by atoms with van der Waals surface area (Å²) < 4.78 is 6.82. The molecule has 0 spiro atoms. The van der Waals surface area contributed by atoms with E-state index in [1.807, 2.05) is 0 Å². The van der Waals surface area contributed by atoms with Gasteiger partial charge in [0, 0.05) is 23.2 Å². The molecule has 18 heavy (non-hydrogen) atoms. The maximum Gasteiger partial charge on any atom is 0.135 e. The first-order chi connectivity index (χ1) is 8.74. The minimum absolute atomic E-state index is 0.398. The molecular formula is C15H17BrO2. The van der Waals surface area contributed by atoms with Crippen LogP contribution in [0.5, 0.6) is 5.75 Å². The van der Waals surface area contributed by atoms with E-state index in [2.05, 4.69) is 28.1 Å². The SMILES string of the molecule is O=C(CCCc1cc(Br)cc2c1OCC2)C1CC1. The van der Waals surface area contributed by atoms with Crippen LogP contribution >= 0.6 is 15.9 Å². The van der Waals surface area contributed by atoms with Gasteiger partial charge in [0.25, 0.3) is 0 Å². The fraction of sp³-hybridized carbons (Fsp3) is 0.533. The summed E-state index contributed by atoms with van der Waals surface area (Å²) in [6.45, 7) is 0.791. The molecule has 2 nitrogen and oxygen atoms in total. The van der Waals surface area contributed by atoms with E-state index in [1.54, 1.807) is 0 Å². The Kier molecular flexibility index (Phi) is 3.42. The summed E-state index contributed by atoms with van der Waals surface area (Å²) in [5.74, 6) is 1.93. The molecule has 0 atom stereocenters. The summed E-state index contributed by atoms with van der Waals surface area (Å²) in [6.07, 6.45) is 5.86. The molecule has 1 aromatic carbocycles. The van der Waals surface area contributed by atoms with Gasteiger partial charge in [0.15, 0.2) is 0 Å². The fourth-order valence-corrected chi connectivity index (χ4v) is 3.15. The fourth-order valence-electron chi connectivity index (χ4n) is 2.59. The third kappa shape index (κ3) is 2.61. The van der Waals surface area contributed by atoms with Crippen LogP contribution in [0.2, 0.25) is 0 Å². The van der Waals surface area contributed by atoms with Crippen molar-refractivity contribution in [2.24, 2.45) is 5.92 Å². The van der Waals surface area contributed by atoms with Crippen molar-refractivity contribution in [1.82, 2.24) is 0 Å². The number of benzene rings is 1. The van der Waals surface area contributed by atoms with Gasteiger partial charge in [-0.25, -0.2) is 0 Å². The highest BCUT2D eigenvalue weighted by Crippen LogP contribution is 2.35. The summed E-state index contributed by atoms with van der Waals surface area (Å²) in [4.78, 5) is 11.7. The first-order valence-corrected chi connectivity index (χ1v) is 7.50. The number of ether oxygens (including phenoxy) is 1. The predicted octanol–water partition coefficient (Wildman–Crippen LogP) is 3.69. The second-order valence-corrected chi connectivity index (χ2v) is 6.16. The van der Waals surface area contributed by atoms with Gasteiger partial charge in [0.1, 0.15) is 11.5 Å². The van der Waals surface area contributed by atoms with E-state index < -0.39 is 0 Å². The van der Waals surface area contributed by atoms with Gasteiger partial charge in [-0.1, -0.05) is 15.9 Å². The lowest BCUT2D eigenvalue weighted by molar-refractivity contribution is -0.120. The topological polar surface area (TPSA) is 26.3 Å². The van der Waals surface area contributed by atoms with E-state index in [0.717, 1.165) is 55.4 Å². The van der Waals surface area contributed by atoms with Gasteiger partial charge in [-0.05, 0) is 48.9 Å². The van der Waals surface area contributed by atoms with Gasteiger partial charge in [-0.3, -0.25) is 4.79 Å². The van der Waals surface area contributed by atoms with Gasteiger partial charge < -0.3 is 4.74 Å². The highest BCUT2D eigenvalue weighted by atomic mass is 79.9. The van der Waals surface area contributed by atoms with Crippen LogP contribution in [0, 0.1) is 5.92 Å². The van der Waals surface area contributed by atoms with Crippen molar-refractivity contribution < 1.29 is 9.53 Å². The second-order valence-electron chi connectivity index (χ2n) is 5.25. The lowest BCUT2D eigenvalue weighted by Gasteiger charge is -2.08. The molecule has 2 aliphatic rings. The van der Waals surface area contributed by atoms with E-state index >= 15 is 0 Å². The van der Waals surface area contributed by atoms with Crippen molar-refractivity contribution in [3.63, 3.8) is 0 Å². The number of halogens is 1. The Morgan fingerprint density at radius 3 is 3.00 bits per heavy atom. The van der Waals surface area contributed by atoms with E-state index in [-0.39, 0.29) is 0 Å². The molecule has 0 amide bonds. The summed E-state index contributed by atoms with van der Waals surface area (Å²) in [6, 6.07) is 4.27. The monoisotopic (exact) mass is 308 g/mol. The Labute approximate surface area is 116 Å². The van der Waals surface area contributed by atoms with Crippen LogP contribution in [0.1, 0.15) is 36.8 Å². The Balaban J connectivity index is 1.63. The van der Waals surface area contributed by atoms with Crippen LogP contribution in [0.15, 0.2) is 16.6 Å². The van der Waals surface area contributed by atoms with Gasteiger partial charge in [-0.2, -0.15) is 0 Å². The van der Waals surface area contributed by atoms with Gasteiger partial charge in [-0.15, -0.1) is 0 Å². The van der Waals surface area contributed by atoms with Gasteiger partial charge >= 0.3 is 0 Å². The molecule has 0 unspecified atom stereocenters. The van der Waals surface area contributed by atoms with Crippen LogP contribution in [-0.2, 0) is 17.6 Å². The number of ketones is 1. The average Bonchev–Trinajstić information content (AvgIpc) is 3.08. The molecule has 1 aromatic rings. The van der Waals surface area contributed by atoms with Gasteiger partial charge in [0.05, 0.1) is 6.61 Å². The number of hydrogen-bond acceptors (Lipinski definition) is 2. The van der Waals surface area contributed by atoms with Crippen molar-refractivity contribution in [2.45, 2.75) is 38.5 Å². The number of fused-ring (bicyclic) bond motifs is 1. The first kappa shape index (κ1) is 12.2. The lowest BCUT2D eigenvalue weighted by Crippen LogP contribution is -2.01. The molecule has 96 valence electrons. The van der Waals surface area contributed by atoms with E-state index in [9.17, 15) is 4.79 Å². The Morgan fingerprint density at radius 2 is 2.22 bits per heavy atom. The van der Waals surface area contributed by atoms with Crippen molar-refractivity contribution in [3.05, 3.63) is 27.7 Å². The zero-order valence-electron chi connectivity index (χ0n) is 10.4. The quantitative estimate of drug-likeness (QED) is 0.829. The molecule has 0 saturated heterocycles. The maximum absolute atomic E-state index is 11.7. The standard InChI is InChI=1S/C15H17BrO2/c16-13-8-11(15-12(9-13)6-7-18-15)2-1-3-14(17)10-4-5-10/h8-10H,1-7H2. The molecule has 0 radical (unpaired) electrons. The Bertz CT molecular complexity index is 478. The van der Waals surface area contributed by atoms with Gasteiger partial charge in [0.2, 0.25) is 0 Å². The smallest absolute Gasteiger partial charge is 0.135 e. The van der Waals surface area contributed by atoms with Crippen LogP contribution in [0.25, 0.3) is 0 Å². The van der Waals surface area contributed by atoms with Crippen LogP contribution in [0.4, 0.5) is 0 Å². The third-order valence-corrected chi connectivity index (χ3v) is 4.19. The molecule has 3 heteroatoms. The normalized spacial score (nSPS) is 17.4. The zero-order chi connectivity index (χ0) is 12.5. The minimum atomic E-state index is 0.398. The number of aryl methyl sites for hydroxylation is 1. The molecular weight excluding hydrogens is 292 g/mol. The second kappa shape index (κ2) is 5.04. The molecule has 1 saturated carbocycles. The number of Topliss-reactive ketones (excluding diaryl/α,β-unsaturated/α-hetero) is 1. The highest BCUT2D eigenvalue weighted by molar-refractivity contribution is 9.10. The maximum atomic E-state index is 11.7. The molecule has 1 fully saturated rings. The zero-order valence-corrected chi connectivity index (χ0v) is 12.0. The average molecular weight is 309 g/mol. The Morgan fingerprint density at radius 1 is 1.39 bits per heavy atom. The minimum Gasteiger partial charge on any atom is -0.493 e. The summed E-state index contributed by atoms with van der Waals surface area (Å²) in [7, 11) is 0.